The van der Waals surface area contributed by atoms with E-state index in [9.17, 15) is 5.11 Å². The molecule has 118 valence electrons. The van der Waals surface area contributed by atoms with Gasteiger partial charge in [0.25, 0.3) is 0 Å². The molecule has 5 heteroatoms. The van der Waals surface area contributed by atoms with Gasteiger partial charge in [-0.2, -0.15) is 0 Å². The van der Waals surface area contributed by atoms with Gasteiger partial charge in [0.15, 0.2) is 5.96 Å². The summed E-state index contributed by atoms with van der Waals surface area (Å²) in [7, 11) is 0. The van der Waals surface area contributed by atoms with Crippen LogP contribution in [0.2, 0.25) is 0 Å². The first kappa shape index (κ1) is 18.0. The third kappa shape index (κ3) is 4.48. The van der Waals surface area contributed by atoms with Crippen LogP contribution in [-0.2, 0) is 0 Å². The molecule has 0 amide bonds. The topological polar surface area (TPSA) is 56.7 Å². The average molecular weight is 395 g/mol. The summed E-state index contributed by atoms with van der Waals surface area (Å²) < 4.78 is 0. The van der Waals surface area contributed by atoms with Crippen molar-refractivity contribution in [2.75, 3.05) is 26.2 Å². The highest BCUT2D eigenvalue weighted by atomic mass is 127. The monoisotopic (exact) mass is 395 g/mol. The first-order valence-corrected chi connectivity index (χ1v) is 7.81. The number of guanidine groups is 1. The van der Waals surface area contributed by atoms with Crippen molar-refractivity contribution < 1.29 is 5.11 Å². The van der Waals surface area contributed by atoms with Crippen LogP contribution >= 0.6 is 24.0 Å². The lowest BCUT2D eigenvalue weighted by atomic mass is 9.67. The molecule has 0 aromatic heterocycles. The van der Waals surface area contributed by atoms with Gasteiger partial charge in [0, 0.05) is 18.5 Å². The minimum atomic E-state index is 0. The largest absolute Gasteiger partial charge is 0.396 e. The van der Waals surface area contributed by atoms with E-state index in [1.165, 1.54) is 25.7 Å². The molecule has 0 saturated heterocycles. The maximum absolute atomic E-state index is 9.33. The second kappa shape index (κ2) is 7.82. The standard InChI is InChI=1S/C15H29N3O.HI/c1-3-14(6-5-7-14)10-17-13(16-4-2)18-11-15(12-19)8-9-15;/h19H,3-12H2,1-2H3,(H2,16,17,18);1H. The van der Waals surface area contributed by atoms with Crippen LogP contribution in [0.1, 0.15) is 52.4 Å². The van der Waals surface area contributed by atoms with E-state index in [1.807, 2.05) is 0 Å². The number of nitrogens with one attached hydrogen (secondary N) is 2. The van der Waals surface area contributed by atoms with Crippen molar-refractivity contribution in [3.63, 3.8) is 0 Å². The van der Waals surface area contributed by atoms with Crippen LogP contribution < -0.4 is 10.6 Å². The fourth-order valence-electron chi connectivity index (χ4n) is 2.73. The summed E-state index contributed by atoms with van der Waals surface area (Å²) in [6.07, 6.45) is 7.54. The van der Waals surface area contributed by atoms with E-state index in [1.54, 1.807) is 0 Å². The molecule has 0 spiro atoms. The van der Waals surface area contributed by atoms with Gasteiger partial charge in [-0.3, -0.25) is 4.99 Å². The first-order valence-electron chi connectivity index (χ1n) is 7.81. The molecule has 2 aliphatic carbocycles. The minimum absolute atomic E-state index is 0. The number of halogens is 1. The van der Waals surface area contributed by atoms with E-state index in [4.69, 9.17) is 0 Å². The van der Waals surface area contributed by atoms with Crippen LogP contribution in [0, 0.1) is 10.8 Å². The zero-order valence-electron chi connectivity index (χ0n) is 12.9. The third-order valence-electron chi connectivity index (χ3n) is 5.00. The van der Waals surface area contributed by atoms with E-state index in [0.29, 0.717) is 5.41 Å². The molecular formula is C15H30IN3O. The number of rotatable bonds is 7. The number of nitrogens with zero attached hydrogens (tertiary/aromatic N) is 1. The van der Waals surface area contributed by atoms with Crippen LogP contribution in [0.4, 0.5) is 0 Å². The fraction of sp³-hybridized carbons (Fsp3) is 0.933. The molecule has 0 aromatic carbocycles. The number of aliphatic hydroxyl groups is 1. The fourth-order valence-corrected chi connectivity index (χ4v) is 2.73. The van der Waals surface area contributed by atoms with Gasteiger partial charge in [0.05, 0.1) is 13.2 Å². The summed E-state index contributed by atoms with van der Waals surface area (Å²) in [6.45, 7) is 7.32. The molecule has 4 nitrogen and oxygen atoms in total. The van der Waals surface area contributed by atoms with E-state index < -0.39 is 0 Å². The van der Waals surface area contributed by atoms with E-state index >= 15 is 0 Å². The molecule has 0 bridgehead atoms. The molecule has 2 saturated carbocycles. The lowest BCUT2D eigenvalue weighted by molar-refractivity contribution is 0.131. The maximum Gasteiger partial charge on any atom is 0.191 e. The summed E-state index contributed by atoms with van der Waals surface area (Å²) in [5.41, 5.74) is 0.603. The number of hydrogen-bond acceptors (Lipinski definition) is 2. The maximum atomic E-state index is 9.33. The van der Waals surface area contributed by atoms with Gasteiger partial charge in [0.1, 0.15) is 0 Å². The second-order valence-corrected chi connectivity index (χ2v) is 6.41. The summed E-state index contributed by atoms with van der Waals surface area (Å²) in [6, 6.07) is 0. The molecule has 0 unspecified atom stereocenters. The van der Waals surface area contributed by atoms with Gasteiger partial charge in [-0.15, -0.1) is 24.0 Å². The predicted octanol–water partition coefficient (Wildman–Crippen LogP) is 2.51. The van der Waals surface area contributed by atoms with Crippen LogP contribution in [0.5, 0.6) is 0 Å². The number of hydrogen-bond donors (Lipinski definition) is 3. The Bertz CT molecular complexity index is 320. The zero-order valence-corrected chi connectivity index (χ0v) is 15.2. The van der Waals surface area contributed by atoms with Crippen LogP contribution in [-0.4, -0.2) is 37.3 Å². The number of aliphatic hydroxyl groups excluding tert-OH is 1. The predicted molar refractivity (Wildman–Crippen MR) is 94.7 cm³/mol. The van der Waals surface area contributed by atoms with Crippen LogP contribution in [0.25, 0.3) is 0 Å². The van der Waals surface area contributed by atoms with E-state index in [2.05, 4.69) is 29.5 Å². The van der Waals surface area contributed by atoms with Gasteiger partial charge in [-0.1, -0.05) is 13.3 Å². The molecule has 2 aliphatic rings. The van der Waals surface area contributed by atoms with Gasteiger partial charge < -0.3 is 15.7 Å². The van der Waals surface area contributed by atoms with Crippen molar-refractivity contribution >= 4 is 29.9 Å². The molecule has 0 atom stereocenters. The van der Waals surface area contributed by atoms with Crippen LogP contribution in [0.15, 0.2) is 4.99 Å². The Labute approximate surface area is 140 Å². The lowest BCUT2D eigenvalue weighted by Gasteiger charge is -2.41. The van der Waals surface area contributed by atoms with Crippen molar-refractivity contribution in [3.8, 4) is 0 Å². The summed E-state index contributed by atoms with van der Waals surface area (Å²) in [5.74, 6) is 0.918. The Morgan fingerprint density at radius 1 is 1.10 bits per heavy atom. The Morgan fingerprint density at radius 3 is 2.20 bits per heavy atom. The van der Waals surface area contributed by atoms with Crippen molar-refractivity contribution in [1.82, 2.24) is 10.6 Å². The second-order valence-electron chi connectivity index (χ2n) is 6.41. The molecule has 2 rings (SSSR count). The lowest BCUT2D eigenvalue weighted by Crippen LogP contribution is -2.46. The minimum Gasteiger partial charge on any atom is -0.396 e. The quantitative estimate of drug-likeness (QED) is 0.353. The molecule has 0 aliphatic heterocycles. The molecule has 0 aromatic rings. The van der Waals surface area contributed by atoms with Crippen molar-refractivity contribution in [3.05, 3.63) is 0 Å². The molecule has 2 fully saturated rings. The number of aliphatic imine (C=N–C) groups is 1. The highest BCUT2D eigenvalue weighted by molar-refractivity contribution is 14.0. The van der Waals surface area contributed by atoms with Crippen LogP contribution in [0.3, 0.4) is 0 Å². The van der Waals surface area contributed by atoms with Gasteiger partial charge >= 0.3 is 0 Å². The Morgan fingerprint density at radius 2 is 1.80 bits per heavy atom. The van der Waals surface area contributed by atoms with Gasteiger partial charge in [-0.05, 0) is 44.4 Å². The average Bonchev–Trinajstić information content (AvgIpc) is 3.15. The van der Waals surface area contributed by atoms with Gasteiger partial charge in [0.2, 0.25) is 0 Å². The molecule has 20 heavy (non-hydrogen) atoms. The van der Waals surface area contributed by atoms with Gasteiger partial charge in [-0.25, -0.2) is 0 Å². The zero-order chi connectivity index (χ0) is 13.8. The Balaban J connectivity index is 0.00000200. The summed E-state index contributed by atoms with van der Waals surface area (Å²) in [5, 5.41) is 16.1. The highest BCUT2D eigenvalue weighted by Crippen LogP contribution is 2.45. The normalized spacial score (nSPS) is 22.4. The third-order valence-corrected chi connectivity index (χ3v) is 5.00. The highest BCUT2D eigenvalue weighted by Gasteiger charge is 2.42. The molecule has 0 radical (unpaired) electrons. The van der Waals surface area contributed by atoms with Crippen molar-refractivity contribution in [2.45, 2.75) is 52.4 Å². The molecule has 0 heterocycles. The SMILES string of the molecule is CCNC(=NCC1(CO)CC1)NCC1(CC)CCC1.I. The smallest absolute Gasteiger partial charge is 0.191 e. The van der Waals surface area contributed by atoms with Crippen molar-refractivity contribution in [2.24, 2.45) is 15.8 Å². The Hall–Kier alpha value is -0.0400. The Kier molecular flexibility index (Phi) is 7.04. The summed E-state index contributed by atoms with van der Waals surface area (Å²) in [4.78, 5) is 4.65. The van der Waals surface area contributed by atoms with E-state index in [-0.39, 0.29) is 36.0 Å². The first-order chi connectivity index (χ1) is 9.17. The molecule has 3 N–H and O–H groups in total. The van der Waals surface area contributed by atoms with E-state index in [0.717, 1.165) is 38.4 Å². The van der Waals surface area contributed by atoms with Crippen molar-refractivity contribution in [1.29, 1.82) is 0 Å². The summed E-state index contributed by atoms with van der Waals surface area (Å²) >= 11 is 0. The molecular weight excluding hydrogens is 365 g/mol.